The van der Waals surface area contributed by atoms with Crippen LogP contribution in [0.15, 0.2) is 66.7 Å². The first-order valence-electron chi connectivity index (χ1n) is 13.0. The molecule has 3 aromatic carbocycles. The zero-order valence-electron chi connectivity index (χ0n) is 22.1. The lowest BCUT2D eigenvalue weighted by atomic mass is 9.80. The molecule has 0 saturated carbocycles. The van der Waals surface area contributed by atoms with E-state index >= 15 is 0 Å². The number of ether oxygens (including phenoxy) is 1. The van der Waals surface area contributed by atoms with Crippen LogP contribution < -0.4 is 15.8 Å². The molecule has 4 rings (SSSR count). The van der Waals surface area contributed by atoms with Gasteiger partial charge in [0.25, 0.3) is 0 Å². The highest BCUT2D eigenvalue weighted by Crippen LogP contribution is 2.36. The Morgan fingerprint density at radius 2 is 1.76 bits per heavy atom. The molecule has 0 radical (unpaired) electrons. The van der Waals surface area contributed by atoms with Crippen LogP contribution in [0.25, 0.3) is 0 Å². The Balaban J connectivity index is 1.45. The average molecular weight is 559 g/mol. The van der Waals surface area contributed by atoms with Gasteiger partial charge < -0.3 is 30.9 Å². The van der Waals surface area contributed by atoms with E-state index in [4.69, 9.17) is 15.9 Å². The lowest BCUT2D eigenvalue weighted by Gasteiger charge is -2.28. The molecule has 0 bridgehead atoms. The number of fused-ring (bicyclic) bond motifs is 1. The number of guanidine groups is 1. The third-order valence-electron chi connectivity index (χ3n) is 6.81. The summed E-state index contributed by atoms with van der Waals surface area (Å²) >= 11 is 0. The minimum atomic E-state index is -1.16. The molecule has 3 aromatic rings. The maximum absolute atomic E-state index is 13.3. The Kier molecular flexibility index (Phi) is 8.98. The monoisotopic (exact) mass is 558 g/mol. The van der Waals surface area contributed by atoms with Crippen molar-refractivity contribution in [3.63, 3.8) is 0 Å². The van der Waals surface area contributed by atoms with Gasteiger partial charge in [-0.15, -0.1) is 0 Å². The Hall–Kier alpha value is -5.19. The molecule has 1 aliphatic carbocycles. The smallest absolute Gasteiger partial charge is 0.343 e. The van der Waals surface area contributed by atoms with Crippen molar-refractivity contribution >= 4 is 35.5 Å². The number of rotatable bonds is 10. The summed E-state index contributed by atoms with van der Waals surface area (Å²) in [6.07, 6.45) is 2.40. The molecule has 1 atom stereocenters. The Labute approximate surface area is 236 Å². The summed E-state index contributed by atoms with van der Waals surface area (Å²) in [5, 5.41) is 28.6. The number of aliphatic carboxylic acids is 1. The average Bonchev–Trinajstić information content (AvgIpc) is 2.92. The predicted molar refractivity (Wildman–Crippen MR) is 150 cm³/mol. The van der Waals surface area contributed by atoms with Gasteiger partial charge in [-0.3, -0.25) is 15.0 Å². The van der Waals surface area contributed by atoms with E-state index in [-0.39, 0.29) is 36.3 Å². The summed E-state index contributed by atoms with van der Waals surface area (Å²) < 4.78 is 5.57. The first-order valence-corrected chi connectivity index (χ1v) is 13.0. The van der Waals surface area contributed by atoms with E-state index in [0.29, 0.717) is 22.6 Å². The first-order chi connectivity index (χ1) is 19.6. The fourth-order valence-corrected chi connectivity index (χ4v) is 4.94. The van der Waals surface area contributed by atoms with Crippen molar-refractivity contribution in [2.75, 3.05) is 11.9 Å². The summed E-state index contributed by atoms with van der Waals surface area (Å²) in [5.41, 5.74) is 8.71. The molecule has 0 fully saturated rings. The number of carbonyl (C=O) groups is 4. The first kappa shape index (κ1) is 28.8. The second-order valence-electron chi connectivity index (χ2n) is 9.81. The molecular formula is C30H30N4O7. The molecule has 0 spiro atoms. The van der Waals surface area contributed by atoms with Gasteiger partial charge in [-0.1, -0.05) is 18.2 Å². The van der Waals surface area contributed by atoms with Crippen LogP contribution in [0.3, 0.4) is 0 Å². The van der Waals surface area contributed by atoms with Crippen molar-refractivity contribution in [2.24, 2.45) is 5.73 Å². The fraction of sp³-hybridized carbons (Fsp3) is 0.233. The van der Waals surface area contributed by atoms with Gasteiger partial charge in [0.2, 0.25) is 5.91 Å². The number of anilines is 1. The second kappa shape index (κ2) is 12.8. The highest BCUT2D eigenvalue weighted by molar-refractivity contribution is 5.93. The summed E-state index contributed by atoms with van der Waals surface area (Å²) in [4.78, 5) is 50.0. The number of nitrogens with two attached hydrogens (primary N) is 1. The predicted octanol–water partition coefficient (Wildman–Crippen LogP) is 3.83. The molecule has 0 saturated heterocycles. The number of aryl methyl sites for hydroxylation is 1. The van der Waals surface area contributed by atoms with Crippen molar-refractivity contribution in [2.45, 2.75) is 38.1 Å². The van der Waals surface area contributed by atoms with E-state index in [1.807, 2.05) is 6.07 Å². The number of benzene rings is 3. The third-order valence-corrected chi connectivity index (χ3v) is 6.81. The second-order valence-corrected chi connectivity index (χ2v) is 9.81. The van der Waals surface area contributed by atoms with Gasteiger partial charge in [0.15, 0.2) is 5.96 Å². The third kappa shape index (κ3) is 7.69. The van der Waals surface area contributed by atoms with Gasteiger partial charge in [0.05, 0.1) is 11.1 Å². The zero-order valence-corrected chi connectivity index (χ0v) is 22.1. The number of nitrogens with zero attached hydrogens (tertiary/aromatic N) is 1. The van der Waals surface area contributed by atoms with Gasteiger partial charge in [-0.05, 0) is 90.4 Å². The largest absolute Gasteiger partial charge is 0.480 e. The van der Waals surface area contributed by atoms with Crippen LogP contribution in [0.1, 0.15) is 62.6 Å². The summed E-state index contributed by atoms with van der Waals surface area (Å²) in [7, 11) is 0. The number of carboxylic acid groups (broad SMARTS) is 2. The number of carbonyl (C=O) groups excluding carboxylic acids is 2. The van der Waals surface area contributed by atoms with Crippen molar-refractivity contribution < 1.29 is 34.1 Å². The molecule has 1 aliphatic rings. The van der Waals surface area contributed by atoms with E-state index in [9.17, 15) is 29.4 Å². The minimum Gasteiger partial charge on any atom is -0.480 e. The standard InChI is InChI=1S/C30H30N4O7/c31-30(32)33-23-9-7-19(8-10-23)29(40)41-24-11-12-25-20(14-24)4-2-5-21(25)15-26(35)34(17-27(36)37)16-18-3-1-6-22(13-18)28(38)39/h1,3,6-14,21H,2,4-5,15-17H2,(H,36,37)(H,38,39)(H4,31,32,33)/t21-/m1/s1. The molecule has 11 heteroatoms. The zero-order chi connectivity index (χ0) is 29.5. The van der Waals surface area contributed by atoms with E-state index in [2.05, 4.69) is 5.32 Å². The molecule has 6 N–H and O–H groups in total. The SMILES string of the molecule is N=C(N)Nc1ccc(C(=O)Oc2ccc3c(c2)CCC[C@@H]3CC(=O)N(CC(=O)O)Cc2cccc(C(=O)O)c2)cc1. The Morgan fingerprint density at radius 3 is 2.44 bits per heavy atom. The lowest BCUT2D eigenvalue weighted by molar-refractivity contribution is -0.145. The maximum atomic E-state index is 13.3. The number of esters is 1. The minimum absolute atomic E-state index is 0.0213. The van der Waals surface area contributed by atoms with Crippen LogP contribution in [0, 0.1) is 5.41 Å². The molecule has 212 valence electrons. The van der Waals surface area contributed by atoms with E-state index in [1.54, 1.807) is 48.5 Å². The normalized spacial score (nSPS) is 13.9. The van der Waals surface area contributed by atoms with Crippen molar-refractivity contribution in [3.8, 4) is 5.75 Å². The molecule has 1 amide bonds. The van der Waals surface area contributed by atoms with Gasteiger partial charge in [0, 0.05) is 18.7 Å². The highest BCUT2D eigenvalue weighted by atomic mass is 16.5. The van der Waals surface area contributed by atoms with Crippen LogP contribution in [0.2, 0.25) is 0 Å². The Morgan fingerprint density at radius 1 is 1.00 bits per heavy atom. The van der Waals surface area contributed by atoms with Gasteiger partial charge in [0.1, 0.15) is 12.3 Å². The summed E-state index contributed by atoms with van der Waals surface area (Å²) in [6, 6.07) is 17.8. The number of carboxylic acids is 2. The topological polar surface area (TPSA) is 183 Å². The quantitative estimate of drug-likeness (QED) is 0.107. The van der Waals surface area contributed by atoms with Crippen LogP contribution in [-0.4, -0.2) is 51.4 Å². The molecule has 11 nitrogen and oxygen atoms in total. The van der Waals surface area contributed by atoms with Gasteiger partial charge >= 0.3 is 17.9 Å². The van der Waals surface area contributed by atoms with Crippen LogP contribution in [0.4, 0.5) is 5.69 Å². The van der Waals surface area contributed by atoms with Crippen LogP contribution >= 0.6 is 0 Å². The van der Waals surface area contributed by atoms with E-state index in [0.717, 1.165) is 30.4 Å². The molecular weight excluding hydrogens is 528 g/mol. The molecule has 0 aliphatic heterocycles. The molecule has 0 unspecified atom stereocenters. The number of hydrogen-bond acceptors (Lipinski definition) is 6. The Bertz CT molecular complexity index is 1490. The van der Waals surface area contributed by atoms with Crippen molar-refractivity contribution in [3.05, 3.63) is 94.5 Å². The van der Waals surface area contributed by atoms with Crippen molar-refractivity contribution in [1.82, 2.24) is 4.90 Å². The number of hydrogen-bond donors (Lipinski definition) is 5. The number of nitrogens with one attached hydrogen (secondary N) is 2. The summed E-state index contributed by atoms with van der Waals surface area (Å²) in [5.74, 6) is -3.13. The molecule has 0 aromatic heterocycles. The molecule has 41 heavy (non-hydrogen) atoms. The van der Waals surface area contributed by atoms with E-state index < -0.39 is 24.5 Å². The van der Waals surface area contributed by atoms with Gasteiger partial charge in [-0.25, -0.2) is 9.59 Å². The van der Waals surface area contributed by atoms with Gasteiger partial charge in [-0.2, -0.15) is 0 Å². The van der Waals surface area contributed by atoms with E-state index in [1.165, 1.54) is 17.0 Å². The number of amides is 1. The molecule has 0 heterocycles. The van der Waals surface area contributed by atoms with Crippen molar-refractivity contribution in [1.29, 1.82) is 5.41 Å². The highest BCUT2D eigenvalue weighted by Gasteiger charge is 2.27. The maximum Gasteiger partial charge on any atom is 0.343 e. The summed E-state index contributed by atoms with van der Waals surface area (Å²) in [6.45, 7) is -0.525. The van der Waals surface area contributed by atoms with Crippen LogP contribution in [0.5, 0.6) is 5.75 Å². The lowest BCUT2D eigenvalue weighted by Crippen LogP contribution is -2.36. The number of aromatic carboxylic acids is 1. The van der Waals surface area contributed by atoms with Crippen LogP contribution in [-0.2, 0) is 22.6 Å². The fourth-order valence-electron chi connectivity index (χ4n) is 4.94.